The average molecular weight is 251 g/mol. The third kappa shape index (κ3) is 2.71. The van der Waals surface area contributed by atoms with E-state index < -0.39 is 0 Å². The lowest BCUT2D eigenvalue weighted by Gasteiger charge is -2.20. The van der Waals surface area contributed by atoms with Gasteiger partial charge in [0.2, 0.25) is 0 Å². The van der Waals surface area contributed by atoms with Crippen LogP contribution in [0, 0.1) is 11.8 Å². The van der Waals surface area contributed by atoms with Gasteiger partial charge in [-0.05, 0) is 41.4 Å². The fraction of sp³-hybridized carbons (Fsp3) is 0.333. The summed E-state index contributed by atoms with van der Waals surface area (Å²) in [6.45, 7) is 2.29. The standard InChI is InChI=1S/C18H21N/c1-13(14-7-8-14)18(19)17-11-9-16(10-12-17)15-5-3-2-4-6-15/h2-6,9-14,18H,7-8,19H2,1H3. The zero-order chi connectivity index (χ0) is 13.2. The lowest BCUT2D eigenvalue weighted by Crippen LogP contribution is -2.20. The van der Waals surface area contributed by atoms with Crippen LogP contribution >= 0.6 is 0 Å². The van der Waals surface area contributed by atoms with E-state index in [9.17, 15) is 0 Å². The van der Waals surface area contributed by atoms with Gasteiger partial charge < -0.3 is 5.73 Å². The maximum atomic E-state index is 6.37. The summed E-state index contributed by atoms with van der Waals surface area (Å²) >= 11 is 0. The Kier molecular flexibility index (Phi) is 3.39. The highest BCUT2D eigenvalue weighted by molar-refractivity contribution is 5.63. The maximum absolute atomic E-state index is 6.37. The Bertz CT molecular complexity index is 525. The van der Waals surface area contributed by atoms with Gasteiger partial charge in [0.15, 0.2) is 0 Å². The topological polar surface area (TPSA) is 26.0 Å². The molecule has 1 saturated carbocycles. The summed E-state index contributed by atoms with van der Waals surface area (Å²) < 4.78 is 0. The van der Waals surface area contributed by atoms with Gasteiger partial charge >= 0.3 is 0 Å². The number of benzene rings is 2. The van der Waals surface area contributed by atoms with Gasteiger partial charge in [-0.2, -0.15) is 0 Å². The van der Waals surface area contributed by atoms with Crippen LogP contribution in [-0.4, -0.2) is 0 Å². The van der Waals surface area contributed by atoms with Crippen molar-refractivity contribution in [2.75, 3.05) is 0 Å². The summed E-state index contributed by atoms with van der Waals surface area (Å²) in [5.41, 5.74) is 10.2. The second-order valence-corrected chi connectivity index (χ2v) is 5.71. The van der Waals surface area contributed by atoms with Gasteiger partial charge in [-0.15, -0.1) is 0 Å². The molecule has 2 aromatic carbocycles. The Morgan fingerprint density at radius 3 is 2.05 bits per heavy atom. The Morgan fingerprint density at radius 1 is 0.895 bits per heavy atom. The number of rotatable bonds is 4. The van der Waals surface area contributed by atoms with Crippen molar-refractivity contribution in [2.45, 2.75) is 25.8 Å². The number of nitrogens with two attached hydrogens (primary N) is 1. The number of hydrogen-bond acceptors (Lipinski definition) is 1. The molecule has 98 valence electrons. The molecule has 0 radical (unpaired) electrons. The van der Waals surface area contributed by atoms with Gasteiger partial charge in [-0.25, -0.2) is 0 Å². The van der Waals surface area contributed by atoms with Crippen molar-refractivity contribution in [3.05, 3.63) is 60.2 Å². The monoisotopic (exact) mass is 251 g/mol. The molecule has 1 aliphatic rings. The lowest BCUT2D eigenvalue weighted by molar-refractivity contribution is 0.417. The molecule has 2 aromatic rings. The van der Waals surface area contributed by atoms with Crippen LogP contribution in [0.5, 0.6) is 0 Å². The zero-order valence-electron chi connectivity index (χ0n) is 11.4. The summed E-state index contributed by atoms with van der Waals surface area (Å²) in [5.74, 6) is 1.45. The largest absolute Gasteiger partial charge is 0.324 e. The molecule has 1 aliphatic carbocycles. The van der Waals surface area contributed by atoms with Crippen molar-refractivity contribution in [1.29, 1.82) is 0 Å². The minimum Gasteiger partial charge on any atom is -0.324 e. The first-order chi connectivity index (χ1) is 9.25. The fourth-order valence-corrected chi connectivity index (χ4v) is 2.75. The highest BCUT2D eigenvalue weighted by Gasteiger charge is 2.32. The lowest BCUT2D eigenvalue weighted by atomic mass is 9.90. The van der Waals surface area contributed by atoms with Crippen LogP contribution < -0.4 is 5.73 Å². The Morgan fingerprint density at radius 2 is 1.47 bits per heavy atom. The minimum absolute atomic E-state index is 0.178. The molecule has 3 rings (SSSR count). The first-order valence-corrected chi connectivity index (χ1v) is 7.16. The molecule has 0 saturated heterocycles. The molecule has 0 aliphatic heterocycles. The van der Waals surface area contributed by atoms with Crippen molar-refractivity contribution >= 4 is 0 Å². The van der Waals surface area contributed by atoms with Crippen molar-refractivity contribution in [3.63, 3.8) is 0 Å². The molecule has 0 heterocycles. The molecule has 1 nitrogen and oxygen atoms in total. The van der Waals surface area contributed by atoms with Crippen LogP contribution in [0.4, 0.5) is 0 Å². The molecule has 1 heteroatoms. The highest BCUT2D eigenvalue weighted by atomic mass is 14.7. The third-order valence-corrected chi connectivity index (χ3v) is 4.33. The Labute approximate surface area is 115 Å². The molecule has 2 unspecified atom stereocenters. The van der Waals surface area contributed by atoms with E-state index in [1.807, 2.05) is 6.07 Å². The Hall–Kier alpha value is -1.60. The molecule has 19 heavy (non-hydrogen) atoms. The fourth-order valence-electron chi connectivity index (χ4n) is 2.75. The van der Waals surface area contributed by atoms with Gasteiger partial charge in [0.1, 0.15) is 0 Å². The van der Waals surface area contributed by atoms with Crippen molar-refractivity contribution in [3.8, 4) is 11.1 Å². The summed E-state index contributed by atoms with van der Waals surface area (Å²) in [6.07, 6.45) is 2.72. The van der Waals surface area contributed by atoms with Gasteiger partial charge in [0.25, 0.3) is 0 Å². The second kappa shape index (κ2) is 5.18. The third-order valence-electron chi connectivity index (χ3n) is 4.33. The summed E-state index contributed by atoms with van der Waals surface area (Å²) in [5, 5.41) is 0. The summed E-state index contributed by atoms with van der Waals surface area (Å²) in [7, 11) is 0. The van der Waals surface area contributed by atoms with Crippen LogP contribution in [-0.2, 0) is 0 Å². The first kappa shape index (κ1) is 12.4. The van der Waals surface area contributed by atoms with E-state index in [-0.39, 0.29) is 6.04 Å². The molecule has 0 aromatic heterocycles. The van der Waals surface area contributed by atoms with Crippen LogP contribution in [0.25, 0.3) is 11.1 Å². The van der Waals surface area contributed by atoms with E-state index >= 15 is 0 Å². The van der Waals surface area contributed by atoms with Crippen LogP contribution in [0.15, 0.2) is 54.6 Å². The average Bonchev–Trinajstić information content (AvgIpc) is 3.31. The van der Waals surface area contributed by atoms with Crippen molar-refractivity contribution < 1.29 is 0 Å². The quantitative estimate of drug-likeness (QED) is 0.856. The Balaban J connectivity index is 1.78. The predicted octanol–water partition coefficient (Wildman–Crippen LogP) is 4.40. The first-order valence-electron chi connectivity index (χ1n) is 7.16. The van der Waals surface area contributed by atoms with E-state index in [1.165, 1.54) is 29.5 Å². The summed E-state index contributed by atoms with van der Waals surface area (Å²) in [6, 6.07) is 19.4. The number of hydrogen-bond donors (Lipinski definition) is 1. The molecule has 2 atom stereocenters. The van der Waals surface area contributed by atoms with Crippen LogP contribution in [0.2, 0.25) is 0 Å². The SMILES string of the molecule is CC(C1CC1)C(N)c1ccc(-c2ccccc2)cc1. The van der Waals surface area contributed by atoms with Gasteiger partial charge in [0, 0.05) is 6.04 Å². The molecular formula is C18H21N. The van der Waals surface area contributed by atoms with Gasteiger partial charge in [0.05, 0.1) is 0 Å². The molecule has 0 spiro atoms. The molecule has 0 bridgehead atoms. The summed E-state index contributed by atoms with van der Waals surface area (Å²) in [4.78, 5) is 0. The van der Waals surface area contributed by atoms with Gasteiger partial charge in [-0.3, -0.25) is 0 Å². The van der Waals surface area contributed by atoms with E-state index in [0.29, 0.717) is 5.92 Å². The molecule has 0 amide bonds. The van der Waals surface area contributed by atoms with E-state index in [2.05, 4.69) is 55.5 Å². The predicted molar refractivity (Wildman–Crippen MR) is 80.7 cm³/mol. The van der Waals surface area contributed by atoms with E-state index in [0.717, 1.165) is 5.92 Å². The van der Waals surface area contributed by atoms with E-state index in [4.69, 9.17) is 5.73 Å². The second-order valence-electron chi connectivity index (χ2n) is 5.71. The van der Waals surface area contributed by atoms with Crippen LogP contribution in [0.3, 0.4) is 0 Å². The smallest absolute Gasteiger partial charge is 0.0323 e. The molecular weight excluding hydrogens is 230 g/mol. The van der Waals surface area contributed by atoms with Gasteiger partial charge in [-0.1, -0.05) is 61.5 Å². The normalized spacial score (nSPS) is 18.0. The van der Waals surface area contributed by atoms with Crippen LogP contribution in [0.1, 0.15) is 31.4 Å². The van der Waals surface area contributed by atoms with Crippen molar-refractivity contribution in [1.82, 2.24) is 0 Å². The maximum Gasteiger partial charge on any atom is 0.0323 e. The van der Waals surface area contributed by atoms with Crippen molar-refractivity contribution in [2.24, 2.45) is 17.6 Å². The molecule has 1 fully saturated rings. The zero-order valence-corrected chi connectivity index (χ0v) is 11.4. The van der Waals surface area contributed by atoms with E-state index in [1.54, 1.807) is 0 Å². The minimum atomic E-state index is 0.178. The highest BCUT2D eigenvalue weighted by Crippen LogP contribution is 2.41. The molecule has 2 N–H and O–H groups in total.